The third-order valence-corrected chi connectivity index (χ3v) is 2.36. The van der Waals surface area contributed by atoms with Crippen molar-refractivity contribution >= 4 is 16.5 Å². The highest BCUT2D eigenvalue weighted by molar-refractivity contribution is 6.01. The summed E-state index contributed by atoms with van der Waals surface area (Å²) in [5.41, 5.74) is 1.93. The first-order valence-corrected chi connectivity index (χ1v) is 4.55. The summed E-state index contributed by atoms with van der Waals surface area (Å²) >= 11 is 0. The van der Waals surface area contributed by atoms with Crippen molar-refractivity contribution in [2.75, 3.05) is 0 Å². The summed E-state index contributed by atoms with van der Waals surface area (Å²) in [6, 6.07) is 14.5. The van der Waals surface area contributed by atoms with Crippen molar-refractivity contribution in [3.05, 3.63) is 48.0 Å². The lowest BCUT2D eigenvalue weighted by molar-refractivity contribution is 1.24. The van der Waals surface area contributed by atoms with Crippen molar-refractivity contribution in [3.63, 3.8) is 0 Å². The number of fused-ring (bicyclic) bond motifs is 1. The lowest BCUT2D eigenvalue weighted by Gasteiger charge is -2.01. The smallest absolute Gasteiger partial charge is 0.0642 e. The van der Waals surface area contributed by atoms with E-state index in [1.807, 2.05) is 25.1 Å². The fourth-order valence-electron chi connectivity index (χ4n) is 1.49. The van der Waals surface area contributed by atoms with Gasteiger partial charge in [0.15, 0.2) is 0 Å². The zero-order chi connectivity index (χ0) is 9.97. The molecular weight excluding hydrogens is 172 g/mol. The van der Waals surface area contributed by atoms with Crippen molar-refractivity contribution < 1.29 is 0 Å². The predicted octanol–water partition coefficient (Wildman–Crippen LogP) is 2.52. The summed E-state index contributed by atoms with van der Waals surface area (Å²) < 4.78 is 0. The minimum absolute atomic E-state index is 0.857. The highest BCUT2D eigenvalue weighted by atomic mass is 15.1. The standard InChI is InChI=1S/C12H12N2/c1-9(14-13)11-7-6-10-4-2-3-5-12(10)8-11/h2-8H,13H2,1H3/b14-9+. The van der Waals surface area contributed by atoms with Crippen LogP contribution in [0.25, 0.3) is 10.8 Å². The van der Waals surface area contributed by atoms with Gasteiger partial charge in [0.2, 0.25) is 0 Å². The average Bonchev–Trinajstić information content (AvgIpc) is 2.27. The van der Waals surface area contributed by atoms with Crippen molar-refractivity contribution in [2.45, 2.75) is 6.92 Å². The quantitative estimate of drug-likeness (QED) is 0.413. The Balaban J connectivity index is 2.62. The van der Waals surface area contributed by atoms with Crippen LogP contribution in [0, 0.1) is 0 Å². The SMILES string of the molecule is C/C(=N\N)c1ccc2ccccc2c1. The minimum Gasteiger partial charge on any atom is -0.323 e. The molecule has 0 radical (unpaired) electrons. The maximum atomic E-state index is 5.24. The van der Waals surface area contributed by atoms with Crippen LogP contribution in [0.2, 0.25) is 0 Å². The van der Waals surface area contributed by atoms with E-state index >= 15 is 0 Å². The number of hydrogen-bond acceptors (Lipinski definition) is 2. The van der Waals surface area contributed by atoms with Crippen LogP contribution in [-0.2, 0) is 0 Å². The Hall–Kier alpha value is -1.83. The average molecular weight is 184 g/mol. The van der Waals surface area contributed by atoms with Gasteiger partial charge in [0.1, 0.15) is 0 Å². The maximum absolute atomic E-state index is 5.24. The molecule has 2 nitrogen and oxygen atoms in total. The van der Waals surface area contributed by atoms with E-state index in [4.69, 9.17) is 5.84 Å². The predicted molar refractivity (Wildman–Crippen MR) is 60.3 cm³/mol. The number of nitrogens with zero attached hydrogens (tertiary/aromatic N) is 1. The Morgan fingerprint density at radius 2 is 1.79 bits per heavy atom. The van der Waals surface area contributed by atoms with E-state index in [1.54, 1.807) is 0 Å². The van der Waals surface area contributed by atoms with Gasteiger partial charge in [0.05, 0.1) is 5.71 Å². The fourth-order valence-corrected chi connectivity index (χ4v) is 1.49. The van der Waals surface area contributed by atoms with Crippen LogP contribution in [0.4, 0.5) is 0 Å². The highest BCUT2D eigenvalue weighted by Crippen LogP contribution is 2.15. The van der Waals surface area contributed by atoms with Crippen LogP contribution in [-0.4, -0.2) is 5.71 Å². The molecule has 2 aromatic carbocycles. The van der Waals surface area contributed by atoms with Gasteiger partial charge in [-0.05, 0) is 29.3 Å². The van der Waals surface area contributed by atoms with E-state index < -0.39 is 0 Å². The first-order chi connectivity index (χ1) is 6.81. The highest BCUT2D eigenvalue weighted by Gasteiger charge is 1.98. The van der Waals surface area contributed by atoms with Crippen LogP contribution in [0.1, 0.15) is 12.5 Å². The van der Waals surface area contributed by atoms with Gasteiger partial charge in [-0.2, -0.15) is 5.10 Å². The monoisotopic (exact) mass is 184 g/mol. The minimum atomic E-state index is 0.857. The maximum Gasteiger partial charge on any atom is 0.0642 e. The molecule has 0 atom stereocenters. The first-order valence-electron chi connectivity index (χ1n) is 4.55. The molecule has 0 aliphatic rings. The molecule has 2 N–H and O–H groups in total. The Labute approximate surface area is 83.0 Å². The van der Waals surface area contributed by atoms with Crippen LogP contribution in [0.15, 0.2) is 47.6 Å². The molecule has 2 heteroatoms. The zero-order valence-electron chi connectivity index (χ0n) is 8.07. The second-order valence-corrected chi connectivity index (χ2v) is 3.28. The van der Waals surface area contributed by atoms with Crippen molar-refractivity contribution in [1.82, 2.24) is 0 Å². The van der Waals surface area contributed by atoms with Crippen LogP contribution in [0.5, 0.6) is 0 Å². The fraction of sp³-hybridized carbons (Fsp3) is 0.0833. The summed E-state index contributed by atoms with van der Waals surface area (Å²) in [6.07, 6.45) is 0. The molecular formula is C12H12N2. The third-order valence-electron chi connectivity index (χ3n) is 2.36. The van der Waals surface area contributed by atoms with E-state index in [1.165, 1.54) is 10.8 Å². The lowest BCUT2D eigenvalue weighted by atomic mass is 10.0. The molecule has 0 heterocycles. The van der Waals surface area contributed by atoms with E-state index in [0.29, 0.717) is 0 Å². The van der Waals surface area contributed by atoms with Gasteiger partial charge in [0, 0.05) is 0 Å². The Kier molecular flexibility index (Phi) is 2.19. The number of hydrazone groups is 1. The Morgan fingerprint density at radius 1 is 1.07 bits per heavy atom. The molecule has 2 rings (SSSR count). The number of nitrogens with two attached hydrogens (primary N) is 1. The normalized spacial score (nSPS) is 11.9. The van der Waals surface area contributed by atoms with E-state index in [0.717, 1.165) is 11.3 Å². The second-order valence-electron chi connectivity index (χ2n) is 3.28. The molecule has 0 aliphatic carbocycles. The van der Waals surface area contributed by atoms with Crippen LogP contribution in [0.3, 0.4) is 0 Å². The molecule has 0 spiro atoms. The Morgan fingerprint density at radius 3 is 2.50 bits per heavy atom. The van der Waals surface area contributed by atoms with Gasteiger partial charge < -0.3 is 5.84 Å². The number of benzene rings is 2. The molecule has 14 heavy (non-hydrogen) atoms. The summed E-state index contributed by atoms with van der Waals surface area (Å²) in [4.78, 5) is 0. The van der Waals surface area contributed by atoms with Gasteiger partial charge in [-0.1, -0.05) is 36.4 Å². The first kappa shape index (κ1) is 8.75. The van der Waals surface area contributed by atoms with Crippen molar-refractivity contribution in [3.8, 4) is 0 Å². The molecule has 0 aliphatic heterocycles. The molecule has 0 saturated heterocycles. The molecule has 2 aromatic rings. The van der Waals surface area contributed by atoms with Crippen LogP contribution < -0.4 is 5.84 Å². The molecule has 70 valence electrons. The van der Waals surface area contributed by atoms with Crippen LogP contribution >= 0.6 is 0 Å². The van der Waals surface area contributed by atoms with E-state index in [-0.39, 0.29) is 0 Å². The molecule has 0 amide bonds. The molecule has 0 aromatic heterocycles. The number of hydrogen-bond donors (Lipinski definition) is 1. The second kappa shape index (κ2) is 3.50. The summed E-state index contributed by atoms with van der Waals surface area (Å²) in [5.74, 6) is 5.24. The summed E-state index contributed by atoms with van der Waals surface area (Å²) in [6.45, 7) is 1.91. The van der Waals surface area contributed by atoms with E-state index in [9.17, 15) is 0 Å². The molecule has 0 bridgehead atoms. The lowest BCUT2D eigenvalue weighted by Crippen LogP contribution is -1.98. The molecule has 0 fully saturated rings. The van der Waals surface area contributed by atoms with Gasteiger partial charge in [-0.15, -0.1) is 0 Å². The van der Waals surface area contributed by atoms with Crippen molar-refractivity contribution in [1.29, 1.82) is 0 Å². The molecule has 0 saturated carbocycles. The molecule has 0 unspecified atom stereocenters. The number of rotatable bonds is 1. The largest absolute Gasteiger partial charge is 0.323 e. The summed E-state index contributed by atoms with van der Waals surface area (Å²) in [7, 11) is 0. The zero-order valence-corrected chi connectivity index (χ0v) is 8.07. The van der Waals surface area contributed by atoms with E-state index in [2.05, 4.69) is 29.4 Å². The summed E-state index contributed by atoms with van der Waals surface area (Å²) in [5, 5.41) is 6.14. The van der Waals surface area contributed by atoms with Gasteiger partial charge in [-0.3, -0.25) is 0 Å². The van der Waals surface area contributed by atoms with Gasteiger partial charge in [0.25, 0.3) is 0 Å². The Bertz CT molecular complexity index is 486. The van der Waals surface area contributed by atoms with Gasteiger partial charge in [-0.25, -0.2) is 0 Å². The third kappa shape index (κ3) is 1.46. The van der Waals surface area contributed by atoms with Gasteiger partial charge >= 0.3 is 0 Å². The topological polar surface area (TPSA) is 38.4 Å². The van der Waals surface area contributed by atoms with Crippen molar-refractivity contribution in [2.24, 2.45) is 10.9 Å².